The van der Waals surface area contributed by atoms with Crippen molar-refractivity contribution in [2.45, 2.75) is 236 Å². The van der Waals surface area contributed by atoms with E-state index in [0.29, 0.717) is 44.5 Å². The van der Waals surface area contributed by atoms with Crippen LogP contribution in [0.3, 0.4) is 0 Å². The van der Waals surface area contributed by atoms with Gasteiger partial charge in [0.05, 0.1) is 73.8 Å². The summed E-state index contributed by atoms with van der Waals surface area (Å²) in [5.41, 5.74) is 11.7. The van der Waals surface area contributed by atoms with Crippen LogP contribution < -0.4 is 85.9 Å². The number of hydrogen-bond donors (Lipinski definition) is 18. The Labute approximate surface area is 773 Å². The molecule has 0 radical (unpaired) electrons. The van der Waals surface area contributed by atoms with Crippen molar-refractivity contribution in [2.75, 3.05) is 88.6 Å². The number of nitrogen functional groups attached to an aromatic ring is 1. The van der Waals surface area contributed by atoms with Crippen LogP contribution in [0, 0.1) is 5.92 Å². The van der Waals surface area contributed by atoms with Crippen molar-refractivity contribution in [3.63, 3.8) is 0 Å². The number of unbranched alkanes of at least 4 members (excludes halogenated alkanes) is 6. The maximum absolute atomic E-state index is 15.4. The van der Waals surface area contributed by atoms with Crippen LogP contribution in [0.25, 0.3) is 10.9 Å². The van der Waals surface area contributed by atoms with Crippen LogP contribution in [0.1, 0.15) is 167 Å². The normalized spacial score (nSPS) is 19.9. The number of cyclic esters (lactones) is 1. The van der Waals surface area contributed by atoms with Crippen LogP contribution in [0.15, 0.2) is 54.7 Å². The Morgan fingerprint density at radius 2 is 1.05 bits per heavy atom. The molecular formula is C85H129N21O28. The standard InChI is InChI=1S/C85H129N21O28/c1-16-17-18-19-20-21-22-33-64(110)94-55(36-49-42-89-53-31-26-24-28-50(49)53)77(121)97-56(38-63(87)109)78(122)99-59(41-70(116)106(11)132-15)79(123)102-72-48(4)133-83(127)60(37-62(108)51-29-23-25-30-52(51)86)100-82(126)71(46(2)35-67(113)103(8)129-12)101-80(124)61(45-107)95-66(112)43-90-74(118)57(39-68(114)104(9)130-13)96-73(117)47(3)92-76(120)58(40-69(115)105(10)131-14)98-75(119)54(93-65(111)44-91-81(72)125)32-27-34-88-84(128)134-85(5,6)7/h23-26,28-31,42,46-48,54-61,71-72,89,107H,16-22,27,32-41,43-45,86H2,1-15H3,(H2,87,109)(H,88,128)(H,90,118)(H,91,125)(H,92,120)(H,93,111)(H,94,110)(H,95,112)(H,96,117)(H,97,121)(H,98,119)(H,99,122)(H,100,126)(H,101,124)(H,102,123)/t46-,47-,48-,54+,55+,56-,57+,58+,59+,60+,61-,71+,72+/m1/s1. The second-order valence-corrected chi connectivity index (χ2v) is 32.6. The number of aromatic amines is 1. The van der Waals surface area contributed by atoms with Gasteiger partial charge in [0, 0.05) is 88.8 Å². The highest BCUT2D eigenvalue weighted by molar-refractivity contribution is 6.05. The van der Waals surface area contributed by atoms with Gasteiger partial charge in [-0.2, -0.15) is 0 Å². The molecule has 0 saturated carbocycles. The summed E-state index contributed by atoms with van der Waals surface area (Å²) in [7, 11) is 8.79. The number of primary amides is 1. The zero-order valence-corrected chi connectivity index (χ0v) is 78.0. The van der Waals surface area contributed by atoms with E-state index in [1.165, 1.54) is 38.2 Å². The zero-order valence-electron chi connectivity index (χ0n) is 78.0. The van der Waals surface area contributed by atoms with Gasteiger partial charge in [-0.05, 0) is 83.6 Å². The predicted octanol–water partition coefficient (Wildman–Crippen LogP) is -4.31. The third-order valence-electron chi connectivity index (χ3n) is 21.0. The van der Waals surface area contributed by atoms with Crippen LogP contribution in [0.5, 0.6) is 0 Å². The number of alkyl carbamates (subject to hydrolysis) is 1. The fraction of sp³-hybridized carbons (Fsp3) is 0.588. The second kappa shape index (κ2) is 56.4. The van der Waals surface area contributed by atoms with E-state index >= 15 is 19.2 Å². The number of hydroxylamine groups is 8. The molecule has 49 nitrogen and oxygen atoms in total. The maximum Gasteiger partial charge on any atom is 0.407 e. The number of aliphatic hydroxyl groups excluding tert-OH is 1. The summed E-state index contributed by atoms with van der Waals surface area (Å²) < 4.78 is 11.2. The summed E-state index contributed by atoms with van der Waals surface area (Å²) in [6, 6.07) is -10.0. The lowest BCUT2D eigenvalue weighted by Gasteiger charge is -2.30. The first-order valence-corrected chi connectivity index (χ1v) is 43.3. The number of ether oxygens (including phenoxy) is 2. The molecule has 49 heteroatoms. The van der Waals surface area contributed by atoms with Gasteiger partial charge >= 0.3 is 12.1 Å². The first-order chi connectivity index (χ1) is 63.2. The minimum atomic E-state index is -2.45. The van der Waals surface area contributed by atoms with Crippen LogP contribution in [-0.2, 0) is 126 Å². The highest BCUT2D eigenvalue weighted by Gasteiger charge is 2.42. The van der Waals surface area contributed by atoms with E-state index in [1.807, 2.05) is 0 Å². The summed E-state index contributed by atoms with van der Waals surface area (Å²) in [5.74, 6) is -25.9. The van der Waals surface area contributed by atoms with Crippen molar-refractivity contribution in [3.05, 3.63) is 65.9 Å². The van der Waals surface area contributed by atoms with E-state index in [2.05, 4.69) is 86.3 Å². The fourth-order valence-electron chi connectivity index (χ4n) is 13.1. The van der Waals surface area contributed by atoms with Gasteiger partial charge in [0.15, 0.2) is 5.78 Å². The molecule has 13 atom stereocenters. The Morgan fingerprint density at radius 1 is 0.545 bits per heavy atom. The van der Waals surface area contributed by atoms with E-state index in [4.69, 9.17) is 40.3 Å². The number of para-hydroxylation sites is 2. The number of nitrogens with two attached hydrogens (primary N) is 2. The number of anilines is 1. The Kier molecular flexibility index (Phi) is 47.4. The van der Waals surface area contributed by atoms with E-state index in [9.17, 15) is 86.6 Å². The van der Waals surface area contributed by atoms with Crippen molar-refractivity contribution in [2.24, 2.45) is 11.7 Å². The van der Waals surface area contributed by atoms with Gasteiger partial charge in [-0.3, -0.25) is 110 Å². The number of fused-ring (bicyclic) bond motifs is 1. The number of H-pyrrole nitrogens is 1. The number of carbonyl (C=O) groups is 21. The number of amides is 19. The van der Waals surface area contributed by atoms with Gasteiger partial charge in [-0.25, -0.2) is 29.8 Å². The number of rotatable bonds is 40. The summed E-state index contributed by atoms with van der Waals surface area (Å²) in [6.45, 7) is 6.04. The van der Waals surface area contributed by atoms with Crippen molar-refractivity contribution in [1.29, 1.82) is 0 Å². The van der Waals surface area contributed by atoms with Crippen LogP contribution in [-0.4, -0.2) is 316 Å². The summed E-state index contributed by atoms with van der Waals surface area (Å²) in [4.78, 5) is 323. The molecule has 0 spiro atoms. The van der Waals surface area contributed by atoms with E-state index in [-0.39, 0.29) is 37.1 Å². The van der Waals surface area contributed by atoms with Crippen LogP contribution in [0.4, 0.5) is 10.5 Å². The number of nitrogens with zero attached hydrogens (tertiary/aromatic N) is 4. The Bertz CT molecular complexity index is 4620. The molecule has 742 valence electrons. The molecule has 2 aromatic carbocycles. The van der Waals surface area contributed by atoms with Crippen molar-refractivity contribution < 1.29 is 135 Å². The highest BCUT2D eigenvalue weighted by atomic mass is 16.7. The fourth-order valence-corrected chi connectivity index (χ4v) is 13.1. The van der Waals surface area contributed by atoms with Gasteiger partial charge < -0.3 is 105 Å². The number of benzene rings is 2. The van der Waals surface area contributed by atoms with Crippen LogP contribution >= 0.6 is 0 Å². The first-order valence-electron chi connectivity index (χ1n) is 43.3. The number of Topliss-reactive ketones (excluding diaryl/α,β-unsaturated/α-hetero) is 1. The molecular weight excluding hydrogens is 1760 g/mol. The third-order valence-corrected chi connectivity index (χ3v) is 21.0. The Hall–Kier alpha value is -13.5. The van der Waals surface area contributed by atoms with E-state index < -0.39 is 273 Å². The monoisotopic (exact) mass is 1890 g/mol. The van der Waals surface area contributed by atoms with Gasteiger partial charge in [0.2, 0.25) is 106 Å². The molecule has 20 N–H and O–H groups in total. The lowest BCUT2D eigenvalue weighted by molar-refractivity contribution is -0.170. The first kappa shape index (κ1) is 113. The molecule has 134 heavy (non-hydrogen) atoms. The quantitative estimate of drug-likeness (QED) is 0.00842. The number of hydrogen-bond acceptors (Lipinski definition) is 29. The number of nitrogens with one attached hydrogen (secondary N) is 15. The molecule has 3 aromatic rings. The Morgan fingerprint density at radius 3 is 1.63 bits per heavy atom. The van der Waals surface area contributed by atoms with Crippen LogP contribution in [0.2, 0.25) is 0 Å². The lowest BCUT2D eigenvalue weighted by Crippen LogP contribution is -2.62. The van der Waals surface area contributed by atoms with Gasteiger partial charge in [0.1, 0.15) is 78.2 Å². The predicted molar refractivity (Wildman–Crippen MR) is 474 cm³/mol. The number of ketones is 1. The van der Waals surface area contributed by atoms with E-state index in [0.717, 1.165) is 101 Å². The van der Waals surface area contributed by atoms with E-state index in [1.54, 1.807) is 51.2 Å². The number of aliphatic hydroxyl groups is 1. The molecule has 1 saturated heterocycles. The molecule has 1 fully saturated rings. The smallest absolute Gasteiger partial charge is 0.407 e. The largest absolute Gasteiger partial charge is 0.458 e. The molecule has 19 amide bonds. The molecule has 0 bridgehead atoms. The van der Waals surface area contributed by atoms with Crippen molar-refractivity contribution in [3.8, 4) is 0 Å². The molecule has 0 aliphatic carbocycles. The molecule has 2 heterocycles. The number of esters is 1. The molecule has 1 aliphatic rings. The van der Waals surface area contributed by atoms with Gasteiger partial charge in [-0.1, -0.05) is 82.7 Å². The molecule has 1 aliphatic heterocycles. The summed E-state index contributed by atoms with van der Waals surface area (Å²) >= 11 is 0. The molecule has 4 rings (SSSR count). The lowest BCUT2D eigenvalue weighted by atomic mass is 9.95. The highest BCUT2D eigenvalue weighted by Crippen LogP contribution is 2.23. The zero-order chi connectivity index (χ0) is 100. The summed E-state index contributed by atoms with van der Waals surface area (Å²) in [5, 5.41) is 46.5. The van der Waals surface area contributed by atoms with Gasteiger partial charge in [-0.15, -0.1) is 0 Å². The maximum atomic E-state index is 15.4. The number of aromatic nitrogens is 1. The average molecular weight is 1890 g/mol. The summed E-state index contributed by atoms with van der Waals surface area (Å²) in [6.07, 6.45) is -2.39. The van der Waals surface area contributed by atoms with Crippen molar-refractivity contribution >= 4 is 141 Å². The topological polar surface area (TPSA) is 683 Å². The minimum absolute atomic E-state index is 0.0156. The molecule has 1 aromatic heterocycles. The van der Waals surface area contributed by atoms with Gasteiger partial charge in [0.25, 0.3) is 0 Å². The second-order valence-electron chi connectivity index (χ2n) is 32.6. The Balaban J connectivity index is 2.03. The number of carbonyl (C=O) groups excluding carboxylic acids is 21. The van der Waals surface area contributed by atoms with Crippen molar-refractivity contribution in [1.82, 2.24) is 99.7 Å². The molecule has 0 unspecified atom stereocenters. The third kappa shape index (κ3) is 38.3. The minimum Gasteiger partial charge on any atom is -0.458 e. The SMILES string of the molecule is CCCCCCCCCC(=O)N[C@@H](Cc1c[nH]c2ccccc12)C(=O)N[C@H](CC(N)=O)C(=O)N[C@@H](CC(=O)N(C)OC)C(=O)N[C@@H]1C(=O)NCC(=O)N[C@@H](CCCNC(=O)OC(C)(C)C)C(=O)N[C@@H](CC(=O)N(C)OC)C(=O)N[C@H](C)C(=O)N[C@@H](CC(=O)N(C)OC)C(=O)NCC(=O)N[C@H](CO)C(=O)N[C@@H]([C@H](C)CC(=O)N(C)OC)C(=O)N[C@@H](CC(=O)c2ccccc2N)C(=O)O[C@@H]1C. The average Bonchev–Trinajstić information content (AvgIpc) is 1.55.